The topological polar surface area (TPSA) is 97.4 Å². The number of anilines is 2. The Bertz CT molecular complexity index is 1110. The summed E-state index contributed by atoms with van der Waals surface area (Å²) in [5.41, 5.74) is 0.439. The first-order valence-corrected chi connectivity index (χ1v) is 11.7. The summed E-state index contributed by atoms with van der Waals surface area (Å²) >= 11 is 10.4. The molecule has 3 rings (SSSR count). The number of carbonyl (C=O) groups is 1. The molecule has 0 saturated heterocycles. The molecule has 3 aromatic rings. The molecular formula is C18H15BrClN3O4S2. The van der Waals surface area contributed by atoms with E-state index in [1.807, 2.05) is 0 Å². The lowest BCUT2D eigenvalue weighted by Crippen LogP contribution is -2.30. The molecule has 0 aliphatic carbocycles. The van der Waals surface area contributed by atoms with Crippen LogP contribution in [0.15, 0.2) is 63.4 Å². The number of carbonyl (C=O) groups excluding carboxylic acids is 1. The summed E-state index contributed by atoms with van der Waals surface area (Å²) in [5.74, 6) is 0.0927. The zero-order valence-corrected chi connectivity index (χ0v) is 18.9. The molecule has 152 valence electrons. The standard InChI is InChI=1S/C18H15BrClN3O4S2/c1-11(27-16-7-2-12(20)10-15(16)19)17(24)22-13-3-5-14(6-4-13)29(25,26)23-18-21-8-9-28-18/h2-11H,1H3,(H,21,23)(H,22,24). The highest BCUT2D eigenvalue weighted by Gasteiger charge is 2.18. The van der Waals surface area contributed by atoms with Crippen molar-refractivity contribution in [3.63, 3.8) is 0 Å². The molecule has 0 spiro atoms. The Morgan fingerprint density at radius 3 is 2.59 bits per heavy atom. The lowest BCUT2D eigenvalue weighted by atomic mass is 10.3. The highest BCUT2D eigenvalue weighted by atomic mass is 79.9. The van der Waals surface area contributed by atoms with E-state index >= 15 is 0 Å². The lowest BCUT2D eigenvalue weighted by molar-refractivity contribution is -0.122. The maximum absolute atomic E-state index is 12.4. The van der Waals surface area contributed by atoms with Crippen molar-refractivity contribution >= 4 is 65.6 Å². The molecule has 0 saturated carbocycles. The highest BCUT2D eigenvalue weighted by molar-refractivity contribution is 9.10. The fraction of sp³-hybridized carbons (Fsp3) is 0.111. The second-order valence-electron chi connectivity index (χ2n) is 5.79. The predicted octanol–water partition coefficient (Wildman–Crippen LogP) is 4.77. The largest absolute Gasteiger partial charge is 0.480 e. The number of aromatic nitrogens is 1. The van der Waals surface area contributed by atoms with E-state index in [0.29, 0.717) is 20.9 Å². The van der Waals surface area contributed by atoms with Gasteiger partial charge in [0.05, 0.1) is 9.37 Å². The fourth-order valence-electron chi connectivity index (χ4n) is 2.22. The van der Waals surface area contributed by atoms with Gasteiger partial charge in [0.2, 0.25) is 0 Å². The van der Waals surface area contributed by atoms with E-state index in [2.05, 4.69) is 31.0 Å². The Labute approximate surface area is 185 Å². The zero-order chi connectivity index (χ0) is 21.0. The molecule has 0 aliphatic heterocycles. The summed E-state index contributed by atoms with van der Waals surface area (Å²) in [7, 11) is -3.75. The van der Waals surface area contributed by atoms with Gasteiger partial charge in [-0.25, -0.2) is 13.4 Å². The molecule has 0 aliphatic rings. The number of amides is 1. The molecular weight excluding hydrogens is 502 g/mol. The Kier molecular flexibility index (Phi) is 6.78. The average molecular weight is 517 g/mol. The monoisotopic (exact) mass is 515 g/mol. The molecule has 0 radical (unpaired) electrons. The predicted molar refractivity (Wildman–Crippen MR) is 117 cm³/mol. The number of nitrogens with zero attached hydrogens (tertiary/aromatic N) is 1. The molecule has 11 heteroatoms. The SMILES string of the molecule is CC(Oc1ccc(Cl)cc1Br)C(=O)Nc1ccc(S(=O)(=O)Nc2nccs2)cc1. The molecule has 1 heterocycles. The normalized spacial score (nSPS) is 12.2. The number of sulfonamides is 1. The molecule has 0 fully saturated rings. The number of rotatable bonds is 7. The third kappa shape index (κ3) is 5.69. The Balaban J connectivity index is 1.63. The molecule has 0 bridgehead atoms. The number of hydrogen-bond acceptors (Lipinski definition) is 6. The van der Waals surface area contributed by atoms with Gasteiger partial charge in [0.25, 0.3) is 15.9 Å². The smallest absolute Gasteiger partial charge is 0.265 e. The van der Waals surface area contributed by atoms with Gasteiger partial charge in [-0.1, -0.05) is 11.6 Å². The van der Waals surface area contributed by atoms with Crippen molar-refractivity contribution in [1.82, 2.24) is 4.98 Å². The number of ether oxygens (including phenoxy) is 1. The second kappa shape index (κ2) is 9.12. The summed E-state index contributed by atoms with van der Waals surface area (Å²) in [6.45, 7) is 1.60. The van der Waals surface area contributed by atoms with Crippen LogP contribution in [-0.2, 0) is 14.8 Å². The van der Waals surface area contributed by atoms with Crippen LogP contribution in [0.2, 0.25) is 5.02 Å². The number of hydrogen-bond donors (Lipinski definition) is 2. The Morgan fingerprint density at radius 1 is 1.24 bits per heavy atom. The van der Waals surface area contributed by atoms with Gasteiger partial charge in [0.15, 0.2) is 11.2 Å². The van der Waals surface area contributed by atoms with Gasteiger partial charge >= 0.3 is 0 Å². The quantitative estimate of drug-likeness (QED) is 0.472. The summed E-state index contributed by atoms with van der Waals surface area (Å²) in [6.07, 6.45) is 0.718. The van der Waals surface area contributed by atoms with Crippen molar-refractivity contribution in [2.45, 2.75) is 17.9 Å². The zero-order valence-electron chi connectivity index (χ0n) is 14.9. The van der Waals surface area contributed by atoms with E-state index in [4.69, 9.17) is 16.3 Å². The van der Waals surface area contributed by atoms with Crippen LogP contribution >= 0.6 is 38.9 Å². The molecule has 29 heavy (non-hydrogen) atoms. The molecule has 1 aromatic heterocycles. The van der Waals surface area contributed by atoms with Crippen molar-refractivity contribution in [2.75, 3.05) is 10.0 Å². The summed E-state index contributed by atoms with van der Waals surface area (Å²) < 4.78 is 33.3. The first-order chi connectivity index (χ1) is 13.7. The molecule has 2 aromatic carbocycles. The van der Waals surface area contributed by atoms with Crippen LogP contribution in [0.5, 0.6) is 5.75 Å². The Hall–Kier alpha value is -2.14. The fourth-order valence-corrected chi connectivity index (χ4v) is 4.79. The molecule has 2 N–H and O–H groups in total. The molecule has 1 amide bonds. The first-order valence-electron chi connectivity index (χ1n) is 8.19. The van der Waals surface area contributed by atoms with Crippen LogP contribution in [0.1, 0.15) is 6.92 Å². The first kappa shape index (κ1) is 21.6. The van der Waals surface area contributed by atoms with Crippen molar-refractivity contribution in [1.29, 1.82) is 0 Å². The van der Waals surface area contributed by atoms with Crippen LogP contribution < -0.4 is 14.8 Å². The summed E-state index contributed by atoms with van der Waals surface area (Å²) in [4.78, 5) is 16.3. The lowest BCUT2D eigenvalue weighted by Gasteiger charge is -2.16. The van der Waals surface area contributed by atoms with Crippen molar-refractivity contribution < 1.29 is 17.9 Å². The van der Waals surface area contributed by atoms with E-state index in [1.54, 1.807) is 30.5 Å². The van der Waals surface area contributed by atoms with Gasteiger partial charge in [0.1, 0.15) is 5.75 Å². The van der Waals surface area contributed by atoms with Gasteiger partial charge in [-0.3, -0.25) is 9.52 Å². The third-order valence-corrected chi connectivity index (χ3v) is 6.68. The third-order valence-electron chi connectivity index (χ3n) is 3.65. The van der Waals surface area contributed by atoms with E-state index < -0.39 is 16.1 Å². The van der Waals surface area contributed by atoms with Gasteiger partial charge in [0, 0.05) is 22.3 Å². The van der Waals surface area contributed by atoms with Gasteiger partial charge in [-0.05, 0) is 65.3 Å². The minimum Gasteiger partial charge on any atom is -0.480 e. The van der Waals surface area contributed by atoms with Crippen LogP contribution in [0.25, 0.3) is 0 Å². The summed E-state index contributed by atoms with van der Waals surface area (Å²) in [6, 6.07) is 10.8. The maximum Gasteiger partial charge on any atom is 0.265 e. The van der Waals surface area contributed by atoms with Crippen molar-refractivity contribution in [3.05, 3.63) is 63.5 Å². The minimum absolute atomic E-state index is 0.0556. The second-order valence-corrected chi connectivity index (χ2v) is 9.66. The van der Waals surface area contributed by atoms with Crippen LogP contribution in [0.3, 0.4) is 0 Å². The van der Waals surface area contributed by atoms with E-state index in [-0.39, 0.29) is 15.9 Å². The molecule has 1 atom stereocenters. The number of thiazole rings is 1. The minimum atomic E-state index is -3.75. The van der Waals surface area contributed by atoms with Crippen LogP contribution in [0.4, 0.5) is 10.8 Å². The molecule has 7 nitrogen and oxygen atoms in total. The number of benzene rings is 2. The van der Waals surface area contributed by atoms with Crippen LogP contribution in [-0.4, -0.2) is 25.4 Å². The van der Waals surface area contributed by atoms with Gasteiger partial charge in [-0.15, -0.1) is 11.3 Å². The Morgan fingerprint density at radius 2 is 1.97 bits per heavy atom. The molecule has 1 unspecified atom stereocenters. The van der Waals surface area contributed by atoms with E-state index in [9.17, 15) is 13.2 Å². The highest BCUT2D eigenvalue weighted by Crippen LogP contribution is 2.29. The van der Waals surface area contributed by atoms with Gasteiger partial charge in [-0.2, -0.15) is 0 Å². The van der Waals surface area contributed by atoms with Crippen molar-refractivity contribution in [3.8, 4) is 5.75 Å². The summed E-state index contributed by atoms with van der Waals surface area (Å²) in [5, 5.41) is 5.18. The van der Waals surface area contributed by atoms with E-state index in [0.717, 1.165) is 0 Å². The van der Waals surface area contributed by atoms with E-state index in [1.165, 1.54) is 41.8 Å². The van der Waals surface area contributed by atoms with Crippen LogP contribution in [0, 0.1) is 0 Å². The number of nitrogens with one attached hydrogen (secondary N) is 2. The van der Waals surface area contributed by atoms with Crippen molar-refractivity contribution in [2.24, 2.45) is 0 Å². The van der Waals surface area contributed by atoms with Gasteiger partial charge < -0.3 is 10.1 Å². The maximum atomic E-state index is 12.4. The number of halogens is 2. The average Bonchev–Trinajstić information content (AvgIpc) is 3.16.